The third kappa shape index (κ3) is 3.22. The van der Waals surface area contributed by atoms with E-state index in [0.717, 1.165) is 42.7 Å². The molecule has 2 rings (SSSR count). The van der Waals surface area contributed by atoms with Gasteiger partial charge in [0, 0.05) is 17.6 Å². The van der Waals surface area contributed by atoms with E-state index in [1.807, 2.05) is 24.3 Å². The van der Waals surface area contributed by atoms with Crippen molar-refractivity contribution in [3.8, 4) is 5.75 Å². The Morgan fingerprint density at radius 3 is 2.44 bits per heavy atom. The molecule has 1 aromatic rings. The van der Waals surface area contributed by atoms with Crippen LogP contribution in [-0.4, -0.2) is 30.6 Å². The summed E-state index contributed by atoms with van der Waals surface area (Å²) < 4.78 is 7.05. The highest BCUT2D eigenvalue weighted by Gasteiger charge is 2.19. The summed E-state index contributed by atoms with van der Waals surface area (Å²) >= 11 is 3.43. The first-order valence-electron chi connectivity index (χ1n) is 5.92. The highest BCUT2D eigenvalue weighted by molar-refractivity contribution is 9.10. The van der Waals surface area contributed by atoms with Gasteiger partial charge in [0.2, 0.25) is 0 Å². The van der Waals surface area contributed by atoms with Crippen molar-refractivity contribution in [1.29, 1.82) is 0 Å². The largest absolute Gasteiger partial charge is 0.490 e. The fourth-order valence-corrected chi connectivity index (χ4v) is 2.31. The van der Waals surface area contributed by atoms with Crippen LogP contribution in [-0.2, 0) is 0 Å². The molecule has 0 aromatic heterocycles. The van der Waals surface area contributed by atoms with E-state index in [9.17, 15) is 0 Å². The SMILES string of the molecule is CCN1CCC(Oc2ccc(Br)cc2)CC1. The van der Waals surface area contributed by atoms with Gasteiger partial charge in [0.25, 0.3) is 0 Å². The second-order valence-electron chi connectivity index (χ2n) is 4.21. The lowest BCUT2D eigenvalue weighted by Gasteiger charge is -2.31. The number of piperidine rings is 1. The predicted molar refractivity (Wildman–Crippen MR) is 69.9 cm³/mol. The van der Waals surface area contributed by atoms with E-state index in [0.29, 0.717) is 6.10 Å². The van der Waals surface area contributed by atoms with Crippen LogP contribution in [0.5, 0.6) is 5.75 Å². The minimum Gasteiger partial charge on any atom is -0.490 e. The summed E-state index contributed by atoms with van der Waals surface area (Å²) in [5.41, 5.74) is 0. The van der Waals surface area contributed by atoms with Gasteiger partial charge in [0.05, 0.1) is 0 Å². The Balaban J connectivity index is 1.84. The molecule has 0 unspecified atom stereocenters. The normalized spacial score (nSPS) is 18.6. The van der Waals surface area contributed by atoms with Crippen molar-refractivity contribution < 1.29 is 4.74 Å². The van der Waals surface area contributed by atoms with Crippen molar-refractivity contribution in [2.24, 2.45) is 0 Å². The molecule has 0 saturated carbocycles. The van der Waals surface area contributed by atoms with Crippen LogP contribution >= 0.6 is 15.9 Å². The molecule has 1 saturated heterocycles. The molecule has 0 spiro atoms. The smallest absolute Gasteiger partial charge is 0.119 e. The molecule has 16 heavy (non-hydrogen) atoms. The fraction of sp³-hybridized carbons (Fsp3) is 0.538. The molecule has 88 valence electrons. The average Bonchev–Trinajstić information content (AvgIpc) is 2.33. The Morgan fingerprint density at radius 2 is 1.88 bits per heavy atom. The first-order valence-corrected chi connectivity index (χ1v) is 6.72. The van der Waals surface area contributed by atoms with Crippen LogP contribution in [0, 0.1) is 0 Å². The lowest BCUT2D eigenvalue weighted by Crippen LogP contribution is -2.37. The Hall–Kier alpha value is -0.540. The molecule has 1 aromatic carbocycles. The predicted octanol–water partition coefficient (Wildman–Crippen LogP) is 3.31. The zero-order valence-corrected chi connectivity index (χ0v) is 11.2. The minimum atomic E-state index is 0.393. The summed E-state index contributed by atoms with van der Waals surface area (Å²) in [4.78, 5) is 2.47. The van der Waals surface area contributed by atoms with Crippen LogP contribution in [0.15, 0.2) is 28.7 Å². The van der Waals surface area contributed by atoms with Gasteiger partial charge >= 0.3 is 0 Å². The van der Waals surface area contributed by atoms with Crippen molar-refractivity contribution in [1.82, 2.24) is 4.90 Å². The zero-order valence-electron chi connectivity index (χ0n) is 9.66. The number of likely N-dealkylation sites (tertiary alicyclic amines) is 1. The molecular weight excluding hydrogens is 266 g/mol. The average molecular weight is 284 g/mol. The molecule has 1 aliphatic heterocycles. The standard InChI is InChI=1S/C13H18BrNO/c1-2-15-9-7-13(8-10-15)16-12-5-3-11(14)4-6-12/h3-6,13H,2,7-10H2,1H3. The van der Waals surface area contributed by atoms with Crippen LogP contribution in [0.25, 0.3) is 0 Å². The van der Waals surface area contributed by atoms with E-state index in [2.05, 4.69) is 27.8 Å². The quantitative estimate of drug-likeness (QED) is 0.844. The number of nitrogens with zero attached hydrogens (tertiary/aromatic N) is 1. The summed E-state index contributed by atoms with van der Waals surface area (Å²) in [6, 6.07) is 8.10. The highest BCUT2D eigenvalue weighted by atomic mass is 79.9. The zero-order chi connectivity index (χ0) is 11.4. The maximum atomic E-state index is 5.96. The number of rotatable bonds is 3. The summed E-state index contributed by atoms with van der Waals surface area (Å²) in [5.74, 6) is 0.984. The van der Waals surface area contributed by atoms with Crippen molar-refractivity contribution in [3.05, 3.63) is 28.7 Å². The molecule has 0 aliphatic carbocycles. The van der Waals surface area contributed by atoms with E-state index < -0.39 is 0 Å². The molecule has 0 atom stereocenters. The molecule has 0 N–H and O–H groups in total. The number of benzene rings is 1. The van der Waals surface area contributed by atoms with Crippen LogP contribution < -0.4 is 4.74 Å². The van der Waals surface area contributed by atoms with E-state index in [-0.39, 0.29) is 0 Å². The van der Waals surface area contributed by atoms with E-state index in [1.165, 1.54) is 0 Å². The monoisotopic (exact) mass is 283 g/mol. The second-order valence-corrected chi connectivity index (χ2v) is 5.12. The van der Waals surface area contributed by atoms with Gasteiger partial charge < -0.3 is 9.64 Å². The fourth-order valence-electron chi connectivity index (χ4n) is 2.05. The first kappa shape index (κ1) is 11.9. The van der Waals surface area contributed by atoms with Gasteiger partial charge in [-0.3, -0.25) is 0 Å². The van der Waals surface area contributed by atoms with E-state index >= 15 is 0 Å². The third-order valence-electron chi connectivity index (χ3n) is 3.10. The third-order valence-corrected chi connectivity index (χ3v) is 3.63. The molecular formula is C13H18BrNO. The molecule has 3 heteroatoms. The number of hydrogen-bond acceptors (Lipinski definition) is 2. The van der Waals surface area contributed by atoms with Crippen molar-refractivity contribution >= 4 is 15.9 Å². The first-order chi connectivity index (χ1) is 7.78. The lowest BCUT2D eigenvalue weighted by molar-refractivity contribution is 0.104. The van der Waals surface area contributed by atoms with E-state index in [1.54, 1.807) is 0 Å². The number of halogens is 1. The van der Waals surface area contributed by atoms with Gasteiger partial charge in [0.1, 0.15) is 11.9 Å². The Labute approximate surface area is 106 Å². The summed E-state index contributed by atoms with van der Waals surface area (Å²) in [6.45, 7) is 5.70. The molecule has 1 fully saturated rings. The number of ether oxygens (including phenoxy) is 1. The van der Waals surface area contributed by atoms with Crippen LogP contribution in [0.3, 0.4) is 0 Å². The van der Waals surface area contributed by atoms with Crippen molar-refractivity contribution in [2.75, 3.05) is 19.6 Å². The topological polar surface area (TPSA) is 12.5 Å². The Morgan fingerprint density at radius 1 is 1.25 bits per heavy atom. The van der Waals surface area contributed by atoms with Crippen LogP contribution in [0.4, 0.5) is 0 Å². The molecule has 0 amide bonds. The summed E-state index contributed by atoms with van der Waals surface area (Å²) in [5, 5.41) is 0. The van der Waals surface area contributed by atoms with Gasteiger partial charge in [-0.2, -0.15) is 0 Å². The Bertz CT molecular complexity index is 317. The molecule has 0 radical (unpaired) electrons. The molecule has 2 nitrogen and oxygen atoms in total. The minimum absolute atomic E-state index is 0.393. The van der Waals surface area contributed by atoms with Crippen LogP contribution in [0.1, 0.15) is 19.8 Å². The maximum absolute atomic E-state index is 5.96. The van der Waals surface area contributed by atoms with Crippen molar-refractivity contribution in [2.45, 2.75) is 25.9 Å². The Kier molecular flexibility index (Phi) is 4.24. The van der Waals surface area contributed by atoms with Gasteiger partial charge in [-0.25, -0.2) is 0 Å². The second kappa shape index (κ2) is 5.69. The van der Waals surface area contributed by atoms with Crippen LogP contribution in [0.2, 0.25) is 0 Å². The maximum Gasteiger partial charge on any atom is 0.119 e. The number of hydrogen-bond donors (Lipinski definition) is 0. The van der Waals surface area contributed by atoms with Gasteiger partial charge in [-0.15, -0.1) is 0 Å². The summed E-state index contributed by atoms with van der Waals surface area (Å²) in [6.07, 6.45) is 2.68. The highest BCUT2D eigenvalue weighted by Crippen LogP contribution is 2.21. The van der Waals surface area contributed by atoms with Gasteiger partial charge in [0.15, 0.2) is 0 Å². The molecule has 0 bridgehead atoms. The van der Waals surface area contributed by atoms with Gasteiger partial charge in [-0.05, 0) is 43.7 Å². The molecule has 1 heterocycles. The van der Waals surface area contributed by atoms with Crippen molar-refractivity contribution in [3.63, 3.8) is 0 Å². The summed E-state index contributed by atoms with van der Waals surface area (Å²) in [7, 11) is 0. The lowest BCUT2D eigenvalue weighted by atomic mass is 10.1. The molecule has 1 aliphatic rings. The van der Waals surface area contributed by atoms with Gasteiger partial charge in [-0.1, -0.05) is 22.9 Å². The van der Waals surface area contributed by atoms with E-state index in [4.69, 9.17) is 4.74 Å².